The van der Waals surface area contributed by atoms with E-state index in [1.54, 1.807) is 18.2 Å². The van der Waals surface area contributed by atoms with Crippen molar-refractivity contribution in [2.45, 2.75) is 37.6 Å². The van der Waals surface area contributed by atoms with Gasteiger partial charge in [0.25, 0.3) is 0 Å². The zero-order chi connectivity index (χ0) is 32.2. The zero-order valence-corrected chi connectivity index (χ0v) is 25.4. The van der Waals surface area contributed by atoms with Crippen molar-refractivity contribution in [1.29, 1.82) is 0 Å². The number of hydrogen-bond acceptors (Lipinski definition) is 7. The van der Waals surface area contributed by atoms with Gasteiger partial charge in [-0.3, -0.25) is 14.6 Å². The summed E-state index contributed by atoms with van der Waals surface area (Å²) in [7, 11) is 1.26. The normalized spacial score (nSPS) is 13.0. The molecule has 1 aliphatic rings. The molecular formula is C35H40N4O6. The van der Waals surface area contributed by atoms with Crippen LogP contribution in [0.5, 0.6) is 5.75 Å². The molecular weight excluding hydrogens is 572 g/mol. The molecule has 0 radical (unpaired) electrons. The lowest BCUT2D eigenvalue weighted by molar-refractivity contribution is -0.148. The smallest absolute Gasteiger partial charge is 0.328 e. The van der Waals surface area contributed by atoms with E-state index in [-0.39, 0.29) is 37.9 Å². The first-order valence-electron chi connectivity index (χ1n) is 14.9. The minimum absolute atomic E-state index is 0.0563. The van der Waals surface area contributed by atoms with E-state index in [0.29, 0.717) is 25.2 Å². The maximum absolute atomic E-state index is 13.5. The Morgan fingerprint density at radius 2 is 1.62 bits per heavy atom. The van der Waals surface area contributed by atoms with Gasteiger partial charge in [0.15, 0.2) is 5.96 Å². The SMILES string of the molecule is C=CCOc1ccc(C[C@H](NC(=O)[C@H](CCCN=C(N)N)CC(=O)OCC2c3ccccc3-c3ccccc32)C(=O)OC)cc1. The Bertz CT molecular complexity index is 1470. The summed E-state index contributed by atoms with van der Waals surface area (Å²) in [6, 6.07) is 22.3. The molecule has 0 unspecified atom stereocenters. The number of nitrogens with two attached hydrogens (primary N) is 2. The second kappa shape index (κ2) is 16.1. The van der Waals surface area contributed by atoms with Gasteiger partial charge < -0.3 is 31.0 Å². The molecule has 0 fully saturated rings. The third-order valence-corrected chi connectivity index (χ3v) is 7.70. The maximum atomic E-state index is 13.5. The number of fused-ring (bicyclic) bond motifs is 3. The molecule has 10 nitrogen and oxygen atoms in total. The van der Waals surface area contributed by atoms with Crippen molar-refractivity contribution in [2.24, 2.45) is 22.4 Å². The van der Waals surface area contributed by atoms with E-state index in [9.17, 15) is 14.4 Å². The minimum Gasteiger partial charge on any atom is -0.490 e. The van der Waals surface area contributed by atoms with Gasteiger partial charge in [0.2, 0.25) is 5.91 Å². The number of methoxy groups -OCH3 is 1. The summed E-state index contributed by atoms with van der Waals surface area (Å²) in [5.74, 6) is -1.86. The third-order valence-electron chi connectivity index (χ3n) is 7.70. The lowest BCUT2D eigenvalue weighted by atomic mass is 9.96. The van der Waals surface area contributed by atoms with Crippen molar-refractivity contribution >= 4 is 23.8 Å². The molecule has 0 saturated carbocycles. The van der Waals surface area contributed by atoms with Gasteiger partial charge in [-0.1, -0.05) is 73.3 Å². The molecule has 10 heteroatoms. The van der Waals surface area contributed by atoms with Gasteiger partial charge in [-0.15, -0.1) is 0 Å². The Kier molecular flexibility index (Phi) is 11.7. The van der Waals surface area contributed by atoms with Crippen molar-refractivity contribution in [3.05, 3.63) is 102 Å². The lowest BCUT2D eigenvalue weighted by Crippen LogP contribution is -2.46. The van der Waals surface area contributed by atoms with Crippen LogP contribution in [0.4, 0.5) is 0 Å². The average molecular weight is 613 g/mol. The number of ether oxygens (including phenoxy) is 3. The number of rotatable bonds is 16. The highest BCUT2D eigenvalue weighted by molar-refractivity contribution is 5.88. The average Bonchev–Trinajstić information content (AvgIpc) is 3.37. The number of esters is 2. The molecule has 3 aromatic rings. The van der Waals surface area contributed by atoms with Gasteiger partial charge >= 0.3 is 11.9 Å². The molecule has 45 heavy (non-hydrogen) atoms. The van der Waals surface area contributed by atoms with Crippen LogP contribution in [0.25, 0.3) is 11.1 Å². The van der Waals surface area contributed by atoms with Crippen LogP contribution in [0, 0.1) is 5.92 Å². The maximum Gasteiger partial charge on any atom is 0.328 e. The number of carbonyl (C=O) groups is 3. The second-order valence-corrected chi connectivity index (χ2v) is 10.8. The molecule has 236 valence electrons. The molecule has 0 bridgehead atoms. The number of benzene rings is 3. The van der Waals surface area contributed by atoms with Crippen molar-refractivity contribution in [1.82, 2.24) is 5.32 Å². The van der Waals surface area contributed by atoms with Crippen molar-refractivity contribution in [2.75, 3.05) is 26.9 Å². The molecule has 2 atom stereocenters. The van der Waals surface area contributed by atoms with Crippen molar-refractivity contribution < 1.29 is 28.6 Å². The molecule has 0 aliphatic heterocycles. The molecule has 0 saturated heterocycles. The van der Waals surface area contributed by atoms with Crippen LogP contribution >= 0.6 is 0 Å². The first-order valence-corrected chi connectivity index (χ1v) is 14.9. The second-order valence-electron chi connectivity index (χ2n) is 10.8. The van der Waals surface area contributed by atoms with Gasteiger partial charge in [-0.25, -0.2) is 4.79 Å². The van der Waals surface area contributed by atoms with Gasteiger partial charge in [-0.2, -0.15) is 0 Å². The summed E-state index contributed by atoms with van der Waals surface area (Å²) in [6.07, 6.45) is 2.41. The van der Waals surface area contributed by atoms with Gasteiger partial charge in [0, 0.05) is 24.8 Å². The summed E-state index contributed by atoms with van der Waals surface area (Å²) < 4.78 is 16.3. The van der Waals surface area contributed by atoms with Crippen LogP contribution in [-0.4, -0.2) is 56.7 Å². The molecule has 3 aromatic carbocycles. The number of hydrogen-bond donors (Lipinski definition) is 3. The van der Waals surface area contributed by atoms with Gasteiger partial charge in [0.1, 0.15) is 25.0 Å². The molecule has 0 spiro atoms. The standard InChI is InChI=1S/C35H40N4O6/c1-3-19-44-25-16-14-23(15-17-25)20-31(34(42)43-2)39-33(41)24(9-8-18-38-35(36)37)21-32(40)45-22-30-28-12-6-4-10-26(28)27-11-5-7-13-29(27)30/h3-7,10-17,24,30-31H,1,8-9,18-22H2,2H3,(H,39,41)(H4,36,37,38)/t24-,31+/m1/s1. The fraction of sp³-hybridized carbons (Fsp3) is 0.314. The number of nitrogens with zero attached hydrogens (tertiary/aromatic N) is 1. The van der Waals surface area contributed by atoms with Gasteiger partial charge in [0.05, 0.1) is 13.5 Å². The largest absolute Gasteiger partial charge is 0.490 e. The summed E-state index contributed by atoms with van der Waals surface area (Å²) in [5.41, 5.74) is 16.1. The fourth-order valence-corrected chi connectivity index (χ4v) is 5.49. The molecule has 4 rings (SSSR count). The summed E-state index contributed by atoms with van der Waals surface area (Å²) in [4.78, 5) is 43.4. The molecule has 0 aromatic heterocycles. The van der Waals surface area contributed by atoms with E-state index in [1.165, 1.54) is 7.11 Å². The number of aliphatic imine (C=N–C) groups is 1. The van der Waals surface area contributed by atoms with Crippen molar-refractivity contribution in [3.8, 4) is 16.9 Å². The van der Waals surface area contributed by atoms with E-state index < -0.39 is 29.8 Å². The van der Waals surface area contributed by atoms with Crippen LogP contribution in [-0.2, 0) is 30.3 Å². The Morgan fingerprint density at radius 3 is 2.22 bits per heavy atom. The van der Waals surface area contributed by atoms with E-state index in [4.69, 9.17) is 25.7 Å². The van der Waals surface area contributed by atoms with E-state index in [2.05, 4.69) is 29.0 Å². The number of nitrogens with one attached hydrogen (secondary N) is 1. The molecule has 0 heterocycles. The summed E-state index contributed by atoms with van der Waals surface area (Å²) >= 11 is 0. The summed E-state index contributed by atoms with van der Waals surface area (Å²) in [6.45, 7) is 4.44. The van der Waals surface area contributed by atoms with E-state index >= 15 is 0 Å². The predicted molar refractivity (Wildman–Crippen MR) is 172 cm³/mol. The Labute approximate surface area is 263 Å². The highest BCUT2D eigenvalue weighted by atomic mass is 16.5. The third kappa shape index (κ3) is 8.95. The summed E-state index contributed by atoms with van der Waals surface area (Å²) in [5, 5.41) is 2.79. The first kappa shape index (κ1) is 32.8. The lowest BCUT2D eigenvalue weighted by Gasteiger charge is -2.22. The van der Waals surface area contributed by atoms with E-state index in [1.807, 2.05) is 48.5 Å². The molecule has 1 amide bonds. The number of guanidine groups is 1. The highest BCUT2D eigenvalue weighted by Crippen LogP contribution is 2.44. The topological polar surface area (TPSA) is 155 Å². The van der Waals surface area contributed by atoms with Crippen molar-refractivity contribution in [3.63, 3.8) is 0 Å². The predicted octanol–water partition coefficient (Wildman–Crippen LogP) is 3.87. The van der Waals surface area contributed by atoms with Crippen LogP contribution in [0.2, 0.25) is 0 Å². The van der Waals surface area contributed by atoms with Crippen LogP contribution in [0.15, 0.2) is 90.4 Å². The first-order chi connectivity index (χ1) is 21.8. The highest BCUT2D eigenvalue weighted by Gasteiger charge is 2.31. The molecule has 1 aliphatic carbocycles. The Morgan fingerprint density at radius 1 is 0.978 bits per heavy atom. The van der Waals surface area contributed by atoms with Crippen LogP contribution in [0.3, 0.4) is 0 Å². The van der Waals surface area contributed by atoms with Crippen LogP contribution < -0.4 is 21.5 Å². The number of amides is 1. The molecule has 5 N–H and O–H groups in total. The fourth-order valence-electron chi connectivity index (χ4n) is 5.49. The van der Waals surface area contributed by atoms with Gasteiger partial charge in [-0.05, 0) is 52.8 Å². The van der Waals surface area contributed by atoms with E-state index in [0.717, 1.165) is 27.8 Å². The monoisotopic (exact) mass is 612 g/mol. The quantitative estimate of drug-likeness (QED) is 0.0724. The zero-order valence-electron chi connectivity index (χ0n) is 25.4. The Hall–Kier alpha value is -5.12. The minimum atomic E-state index is -0.967. The van der Waals surface area contributed by atoms with Crippen LogP contribution in [0.1, 0.15) is 41.9 Å². The Balaban J connectivity index is 1.43. The number of carbonyl (C=O) groups excluding carboxylic acids is 3.